The molecule has 0 aliphatic carbocycles. The lowest BCUT2D eigenvalue weighted by molar-refractivity contribution is 0.304. The fourth-order valence-corrected chi connectivity index (χ4v) is 3.06. The van der Waals surface area contributed by atoms with E-state index in [9.17, 15) is 5.26 Å². The van der Waals surface area contributed by atoms with Gasteiger partial charge in [-0.05, 0) is 36.6 Å². The van der Waals surface area contributed by atoms with E-state index in [-0.39, 0.29) is 5.69 Å². The molecular formula is C22H19N5O2. The Balaban J connectivity index is 1.53. The number of fused-ring (bicyclic) bond motifs is 1. The van der Waals surface area contributed by atoms with Crippen molar-refractivity contribution in [1.29, 1.82) is 5.26 Å². The predicted molar refractivity (Wildman–Crippen MR) is 110 cm³/mol. The third kappa shape index (κ3) is 4.12. The van der Waals surface area contributed by atoms with Gasteiger partial charge in [0.2, 0.25) is 5.88 Å². The zero-order chi connectivity index (χ0) is 20.2. The molecule has 3 aromatic heterocycles. The lowest BCUT2D eigenvalue weighted by Gasteiger charge is -2.11. The number of methoxy groups -OCH3 is 1. The van der Waals surface area contributed by atoms with Crippen molar-refractivity contribution in [3.05, 3.63) is 71.7 Å². The molecule has 0 aliphatic rings. The van der Waals surface area contributed by atoms with Crippen LogP contribution in [0.25, 0.3) is 10.9 Å². The van der Waals surface area contributed by atoms with Crippen molar-refractivity contribution in [2.75, 3.05) is 12.4 Å². The quantitative estimate of drug-likeness (QED) is 0.508. The molecule has 0 unspecified atom stereocenters. The van der Waals surface area contributed by atoms with Crippen molar-refractivity contribution in [3.63, 3.8) is 0 Å². The van der Waals surface area contributed by atoms with Crippen LogP contribution < -0.4 is 14.8 Å². The van der Waals surface area contributed by atoms with Gasteiger partial charge in [0.25, 0.3) is 0 Å². The first-order valence-corrected chi connectivity index (χ1v) is 9.03. The van der Waals surface area contributed by atoms with Gasteiger partial charge in [-0.3, -0.25) is 0 Å². The summed E-state index contributed by atoms with van der Waals surface area (Å²) in [6.45, 7) is 2.25. The Hall–Kier alpha value is -4.05. The molecule has 29 heavy (non-hydrogen) atoms. The monoisotopic (exact) mass is 385 g/mol. The minimum atomic E-state index is 0.273. The van der Waals surface area contributed by atoms with E-state index in [1.54, 1.807) is 25.4 Å². The van der Waals surface area contributed by atoms with Gasteiger partial charge in [-0.1, -0.05) is 6.07 Å². The van der Waals surface area contributed by atoms with E-state index in [1.165, 1.54) is 0 Å². The summed E-state index contributed by atoms with van der Waals surface area (Å²) in [6, 6.07) is 15.4. The van der Waals surface area contributed by atoms with Crippen molar-refractivity contribution in [2.45, 2.75) is 13.5 Å². The first kappa shape index (κ1) is 18.3. The Morgan fingerprint density at radius 2 is 2.07 bits per heavy atom. The van der Waals surface area contributed by atoms with Crippen molar-refractivity contribution in [3.8, 4) is 17.7 Å². The molecule has 0 atom stereocenters. The fraction of sp³-hybridized carbons (Fsp3) is 0.136. The molecule has 0 saturated heterocycles. The summed E-state index contributed by atoms with van der Waals surface area (Å²) < 4.78 is 11.1. The van der Waals surface area contributed by atoms with Crippen LogP contribution in [0.1, 0.15) is 16.8 Å². The van der Waals surface area contributed by atoms with Gasteiger partial charge < -0.3 is 19.8 Å². The normalized spacial score (nSPS) is 10.5. The molecule has 4 aromatic rings. The molecule has 3 heterocycles. The minimum absolute atomic E-state index is 0.273. The molecule has 0 amide bonds. The zero-order valence-electron chi connectivity index (χ0n) is 16.1. The molecule has 0 saturated carbocycles. The zero-order valence-corrected chi connectivity index (χ0v) is 16.1. The standard InChI is InChI=1S/C22H19N5O2/c1-14-7-15(12-25-22(14)28-2)13-29-19-8-18(11-23)27-21(10-19)26-17-4-3-16-5-6-24-20(16)9-17/h3-10,12,24H,13H2,1-2H3,(H,26,27). The van der Waals surface area contributed by atoms with E-state index < -0.39 is 0 Å². The van der Waals surface area contributed by atoms with E-state index in [2.05, 4.69) is 26.3 Å². The SMILES string of the molecule is COc1ncc(COc2cc(C#N)nc(Nc3ccc4cc[nH]c4c3)c2)cc1C. The lowest BCUT2D eigenvalue weighted by atomic mass is 10.2. The largest absolute Gasteiger partial charge is 0.489 e. The van der Waals surface area contributed by atoms with Gasteiger partial charge in [-0.2, -0.15) is 5.26 Å². The third-order valence-electron chi connectivity index (χ3n) is 4.43. The highest BCUT2D eigenvalue weighted by molar-refractivity contribution is 5.83. The van der Waals surface area contributed by atoms with E-state index >= 15 is 0 Å². The van der Waals surface area contributed by atoms with Gasteiger partial charge in [-0.25, -0.2) is 9.97 Å². The number of hydrogen-bond donors (Lipinski definition) is 2. The first-order valence-electron chi connectivity index (χ1n) is 9.03. The third-order valence-corrected chi connectivity index (χ3v) is 4.43. The van der Waals surface area contributed by atoms with Crippen molar-refractivity contribution in [1.82, 2.24) is 15.0 Å². The van der Waals surface area contributed by atoms with E-state index in [1.807, 2.05) is 43.5 Å². The number of aromatic amines is 1. The van der Waals surface area contributed by atoms with Crippen LogP contribution in [0.4, 0.5) is 11.5 Å². The van der Waals surface area contributed by atoms with Crippen molar-refractivity contribution >= 4 is 22.4 Å². The topological polar surface area (TPSA) is 95.8 Å². The van der Waals surface area contributed by atoms with E-state index in [0.29, 0.717) is 24.1 Å². The fourth-order valence-electron chi connectivity index (χ4n) is 3.06. The number of nitrogens with one attached hydrogen (secondary N) is 2. The van der Waals surface area contributed by atoms with Crippen LogP contribution in [0.5, 0.6) is 11.6 Å². The lowest BCUT2D eigenvalue weighted by Crippen LogP contribution is -2.01. The maximum atomic E-state index is 9.32. The summed E-state index contributed by atoms with van der Waals surface area (Å²) in [6.07, 6.45) is 3.60. The number of ether oxygens (including phenoxy) is 2. The number of aryl methyl sites for hydroxylation is 1. The summed E-state index contributed by atoms with van der Waals surface area (Å²) in [7, 11) is 1.59. The number of aromatic nitrogens is 3. The molecule has 0 aliphatic heterocycles. The van der Waals surface area contributed by atoms with Gasteiger partial charge in [0, 0.05) is 46.9 Å². The highest BCUT2D eigenvalue weighted by Crippen LogP contribution is 2.24. The smallest absolute Gasteiger partial charge is 0.215 e. The van der Waals surface area contributed by atoms with E-state index in [0.717, 1.165) is 27.7 Å². The van der Waals surface area contributed by atoms with Gasteiger partial charge in [0.05, 0.1) is 7.11 Å². The Morgan fingerprint density at radius 1 is 1.17 bits per heavy atom. The van der Waals surface area contributed by atoms with Crippen LogP contribution in [-0.2, 0) is 6.61 Å². The van der Waals surface area contributed by atoms with Crippen LogP contribution in [0.3, 0.4) is 0 Å². The number of H-pyrrole nitrogens is 1. The first-order chi connectivity index (χ1) is 14.1. The molecule has 0 spiro atoms. The summed E-state index contributed by atoms with van der Waals surface area (Å²) in [5.41, 5.74) is 4.00. The number of nitrogens with zero attached hydrogens (tertiary/aromatic N) is 3. The Kier molecular flexibility index (Phi) is 4.99. The number of nitriles is 1. The molecule has 2 N–H and O–H groups in total. The second-order valence-corrected chi connectivity index (χ2v) is 6.55. The second kappa shape index (κ2) is 7.90. The molecule has 4 rings (SSSR count). The van der Waals surface area contributed by atoms with E-state index in [4.69, 9.17) is 9.47 Å². The highest BCUT2D eigenvalue weighted by atomic mass is 16.5. The molecule has 1 aromatic carbocycles. The average molecular weight is 385 g/mol. The summed E-state index contributed by atoms with van der Waals surface area (Å²) in [5, 5.41) is 13.7. The number of rotatable bonds is 6. The molecule has 0 bridgehead atoms. The maximum Gasteiger partial charge on any atom is 0.215 e. The molecule has 0 radical (unpaired) electrons. The molecule has 0 fully saturated rings. The van der Waals surface area contributed by atoms with Gasteiger partial charge >= 0.3 is 0 Å². The van der Waals surface area contributed by atoms with Gasteiger partial charge in [0.1, 0.15) is 29.9 Å². The Bertz CT molecular complexity index is 1210. The van der Waals surface area contributed by atoms with Crippen molar-refractivity contribution in [2.24, 2.45) is 0 Å². The Labute approximate surface area is 168 Å². The van der Waals surface area contributed by atoms with Crippen LogP contribution in [-0.4, -0.2) is 22.1 Å². The highest BCUT2D eigenvalue weighted by Gasteiger charge is 2.07. The second-order valence-electron chi connectivity index (χ2n) is 6.55. The van der Waals surface area contributed by atoms with Gasteiger partial charge in [0.15, 0.2) is 0 Å². The Morgan fingerprint density at radius 3 is 2.86 bits per heavy atom. The maximum absolute atomic E-state index is 9.32. The average Bonchev–Trinajstić information content (AvgIpc) is 3.20. The summed E-state index contributed by atoms with van der Waals surface area (Å²) in [5.74, 6) is 1.68. The molecule has 144 valence electrons. The molecule has 7 heteroatoms. The van der Waals surface area contributed by atoms with Crippen molar-refractivity contribution < 1.29 is 9.47 Å². The van der Waals surface area contributed by atoms with Crippen LogP contribution in [0.15, 0.2) is 54.9 Å². The van der Waals surface area contributed by atoms with Crippen LogP contribution >= 0.6 is 0 Å². The molecular weight excluding hydrogens is 366 g/mol. The molecule has 7 nitrogen and oxygen atoms in total. The number of anilines is 2. The number of hydrogen-bond acceptors (Lipinski definition) is 6. The summed E-state index contributed by atoms with van der Waals surface area (Å²) in [4.78, 5) is 11.7. The number of pyridine rings is 2. The summed E-state index contributed by atoms with van der Waals surface area (Å²) >= 11 is 0. The van der Waals surface area contributed by atoms with Crippen LogP contribution in [0, 0.1) is 18.3 Å². The minimum Gasteiger partial charge on any atom is -0.489 e. The predicted octanol–water partition coefficient (Wildman–Crippen LogP) is 4.47. The van der Waals surface area contributed by atoms with Gasteiger partial charge in [-0.15, -0.1) is 0 Å². The van der Waals surface area contributed by atoms with Crippen LogP contribution in [0.2, 0.25) is 0 Å². The number of benzene rings is 1.